The summed E-state index contributed by atoms with van der Waals surface area (Å²) >= 11 is 0. The van der Waals surface area contributed by atoms with Crippen molar-refractivity contribution in [2.75, 3.05) is 0 Å². The largest absolute Gasteiger partial charge is 0.479 e. The number of imide groups is 1. The number of carbonyl (C=O) groups excluding carboxylic acids is 2. The van der Waals surface area contributed by atoms with Gasteiger partial charge in [0.15, 0.2) is 5.54 Å². The van der Waals surface area contributed by atoms with Crippen molar-refractivity contribution in [1.29, 1.82) is 0 Å². The predicted octanol–water partition coefficient (Wildman–Crippen LogP) is 2.66. The summed E-state index contributed by atoms with van der Waals surface area (Å²) in [5.74, 6) is -2.21. The number of aliphatic carboxylic acids is 1. The van der Waals surface area contributed by atoms with Gasteiger partial charge in [0.25, 0.3) is 0 Å². The third-order valence-corrected chi connectivity index (χ3v) is 3.80. The lowest BCUT2D eigenvalue weighted by molar-refractivity contribution is -0.161. The average molecular weight is 299 g/mol. The molecule has 6 heteroatoms. The molecule has 6 nitrogen and oxygen atoms in total. The van der Waals surface area contributed by atoms with E-state index in [1.54, 1.807) is 48.5 Å². The summed E-state index contributed by atoms with van der Waals surface area (Å²) in [5.41, 5.74) is -3.20. The smallest absolute Gasteiger partial charge is 0.418 e. The van der Waals surface area contributed by atoms with Crippen LogP contribution in [-0.4, -0.2) is 39.1 Å². The van der Waals surface area contributed by atoms with Crippen LogP contribution in [0.3, 0.4) is 0 Å². The number of amides is 2. The van der Waals surface area contributed by atoms with E-state index in [1.165, 1.54) is 0 Å². The van der Waals surface area contributed by atoms with Gasteiger partial charge >= 0.3 is 12.1 Å². The standard InChI is InChI=1S/C15H25NO5/c1-9-8-15(11(18)19,13(2,3)4)16(10(9)17)12(20)21-14(5,6)7/h9H,8H2,1-7H3,(H,18,19)/t9?,15-/m0/s1. The van der Waals surface area contributed by atoms with Crippen LogP contribution in [0.15, 0.2) is 0 Å². The van der Waals surface area contributed by atoms with Gasteiger partial charge in [-0.1, -0.05) is 27.7 Å². The van der Waals surface area contributed by atoms with E-state index >= 15 is 0 Å². The van der Waals surface area contributed by atoms with E-state index in [1.807, 2.05) is 0 Å². The van der Waals surface area contributed by atoms with Crippen molar-refractivity contribution >= 4 is 18.0 Å². The maximum atomic E-state index is 12.4. The number of likely N-dealkylation sites (tertiary alicyclic amines) is 1. The average Bonchev–Trinajstić information content (AvgIpc) is 2.49. The number of ether oxygens (including phenoxy) is 1. The van der Waals surface area contributed by atoms with Gasteiger partial charge in [-0.2, -0.15) is 0 Å². The minimum Gasteiger partial charge on any atom is -0.479 e. The highest BCUT2D eigenvalue weighted by atomic mass is 16.6. The van der Waals surface area contributed by atoms with Crippen molar-refractivity contribution in [3.05, 3.63) is 0 Å². The third-order valence-electron chi connectivity index (χ3n) is 3.80. The van der Waals surface area contributed by atoms with Crippen LogP contribution in [0.4, 0.5) is 4.79 Å². The van der Waals surface area contributed by atoms with Crippen LogP contribution >= 0.6 is 0 Å². The maximum Gasteiger partial charge on any atom is 0.418 e. The molecule has 0 radical (unpaired) electrons. The van der Waals surface area contributed by atoms with E-state index in [0.717, 1.165) is 4.90 Å². The number of hydrogen-bond acceptors (Lipinski definition) is 4. The van der Waals surface area contributed by atoms with Crippen molar-refractivity contribution in [2.45, 2.75) is 66.0 Å². The minimum atomic E-state index is -1.59. The Balaban J connectivity index is 3.38. The van der Waals surface area contributed by atoms with E-state index in [2.05, 4.69) is 0 Å². The predicted molar refractivity (Wildman–Crippen MR) is 76.7 cm³/mol. The second-order valence-electron chi connectivity index (χ2n) is 7.67. The Kier molecular flexibility index (Phi) is 4.16. The quantitative estimate of drug-likeness (QED) is 0.804. The van der Waals surface area contributed by atoms with Gasteiger partial charge in [0.05, 0.1) is 0 Å². The molecule has 21 heavy (non-hydrogen) atoms. The molecule has 1 heterocycles. The molecular formula is C15H25NO5. The number of hydrogen-bond donors (Lipinski definition) is 1. The molecule has 1 N–H and O–H groups in total. The van der Waals surface area contributed by atoms with Crippen LogP contribution in [-0.2, 0) is 14.3 Å². The molecule has 0 saturated carbocycles. The minimum absolute atomic E-state index is 0.0872. The first-order valence-electron chi connectivity index (χ1n) is 7.04. The van der Waals surface area contributed by atoms with Crippen LogP contribution in [0.5, 0.6) is 0 Å². The molecule has 120 valence electrons. The monoisotopic (exact) mass is 299 g/mol. The van der Waals surface area contributed by atoms with E-state index in [4.69, 9.17) is 4.74 Å². The van der Waals surface area contributed by atoms with Crippen LogP contribution < -0.4 is 0 Å². The molecule has 0 aromatic carbocycles. The lowest BCUT2D eigenvalue weighted by Crippen LogP contribution is -2.62. The molecule has 1 aliphatic heterocycles. The number of carbonyl (C=O) groups is 3. The summed E-state index contributed by atoms with van der Waals surface area (Å²) in [6.45, 7) is 11.8. The van der Waals surface area contributed by atoms with Gasteiger partial charge in [0.2, 0.25) is 5.91 Å². The summed E-state index contributed by atoms with van der Waals surface area (Å²) < 4.78 is 5.24. The first-order valence-corrected chi connectivity index (χ1v) is 7.04. The van der Waals surface area contributed by atoms with Gasteiger partial charge in [-0.15, -0.1) is 0 Å². The number of carboxylic acids is 1. The van der Waals surface area contributed by atoms with Crippen LogP contribution in [0.1, 0.15) is 54.9 Å². The Morgan fingerprint density at radius 2 is 1.71 bits per heavy atom. The topological polar surface area (TPSA) is 83.9 Å². The molecule has 0 bridgehead atoms. The van der Waals surface area contributed by atoms with E-state index < -0.39 is 40.4 Å². The van der Waals surface area contributed by atoms with E-state index in [-0.39, 0.29) is 6.42 Å². The fraction of sp³-hybridized carbons (Fsp3) is 0.800. The molecule has 1 rings (SSSR count). The van der Waals surface area contributed by atoms with Gasteiger partial charge < -0.3 is 9.84 Å². The maximum absolute atomic E-state index is 12.4. The van der Waals surface area contributed by atoms with Gasteiger partial charge in [0.1, 0.15) is 5.60 Å². The molecule has 1 fully saturated rings. The van der Waals surface area contributed by atoms with Crippen molar-refractivity contribution in [1.82, 2.24) is 4.90 Å². The second-order valence-corrected chi connectivity index (χ2v) is 7.67. The van der Waals surface area contributed by atoms with Crippen LogP contribution in [0.25, 0.3) is 0 Å². The fourth-order valence-electron chi connectivity index (χ4n) is 2.73. The van der Waals surface area contributed by atoms with Crippen molar-refractivity contribution in [3.8, 4) is 0 Å². The number of carboxylic acid groups (broad SMARTS) is 1. The Labute approximate surface area is 125 Å². The van der Waals surface area contributed by atoms with Crippen molar-refractivity contribution in [3.63, 3.8) is 0 Å². The molecule has 1 unspecified atom stereocenters. The zero-order valence-corrected chi connectivity index (χ0v) is 13.8. The molecule has 0 aliphatic carbocycles. The summed E-state index contributed by atoms with van der Waals surface area (Å²) in [4.78, 5) is 37.5. The Bertz CT molecular complexity index is 471. The molecule has 1 aliphatic rings. The highest BCUT2D eigenvalue weighted by Gasteiger charge is 2.64. The van der Waals surface area contributed by atoms with Gasteiger partial charge in [-0.25, -0.2) is 14.5 Å². The highest BCUT2D eigenvalue weighted by molar-refractivity contribution is 6.03. The van der Waals surface area contributed by atoms with Gasteiger partial charge in [0, 0.05) is 5.92 Å². The molecule has 0 spiro atoms. The normalized spacial score (nSPS) is 26.9. The Hall–Kier alpha value is -1.59. The highest BCUT2D eigenvalue weighted by Crippen LogP contribution is 2.47. The molecule has 0 aromatic rings. The Morgan fingerprint density at radius 3 is 2.05 bits per heavy atom. The molecule has 1 saturated heterocycles. The summed E-state index contributed by atoms with van der Waals surface area (Å²) in [6.07, 6.45) is -0.807. The lowest BCUT2D eigenvalue weighted by atomic mass is 9.71. The number of nitrogens with zero attached hydrogens (tertiary/aromatic N) is 1. The number of rotatable bonds is 1. The summed E-state index contributed by atoms with van der Waals surface area (Å²) in [6, 6.07) is 0. The Morgan fingerprint density at radius 1 is 1.24 bits per heavy atom. The first-order chi connectivity index (χ1) is 9.24. The lowest BCUT2D eigenvalue weighted by Gasteiger charge is -2.43. The van der Waals surface area contributed by atoms with E-state index in [0.29, 0.717) is 0 Å². The van der Waals surface area contributed by atoms with Gasteiger partial charge in [-0.3, -0.25) is 4.79 Å². The van der Waals surface area contributed by atoms with Gasteiger partial charge in [-0.05, 0) is 32.6 Å². The molecule has 2 amide bonds. The van der Waals surface area contributed by atoms with Crippen LogP contribution in [0.2, 0.25) is 0 Å². The fourth-order valence-corrected chi connectivity index (χ4v) is 2.73. The first kappa shape index (κ1) is 17.5. The van der Waals surface area contributed by atoms with Crippen molar-refractivity contribution < 1.29 is 24.2 Å². The van der Waals surface area contributed by atoms with Crippen LogP contribution in [0, 0.1) is 11.3 Å². The summed E-state index contributed by atoms with van der Waals surface area (Å²) in [7, 11) is 0. The van der Waals surface area contributed by atoms with E-state index in [9.17, 15) is 19.5 Å². The SMILES string of the molecule is CC1C[C@](C(=O)O)(C(C)(C)C)N(C(=O)OC(C)(C)C)C1=O. The zero-order valence-electron chi connectivity index (χ0n) is 13.8. The molecule has 0 aromatic heterocycles. The summed E-state index contributed by atoms with van der Waals surface area (Å²) in [5, 5.41) is 9.75. The second kappa shape index (κ2) is 5.00. The zero-order chi connectivity index (χ0) is 16.8. The molecular weight excluding hydrogens is 274 g/mol. The molecule has 2 atom stereocenters. The van der Waals surface area contributed by atoms with Crippen molar-refractivity contribution in [2.24, 2.45) is 11.3 Å². The third kappa shape index (κ3) is 2.89.